The van der Waals surface area contributed by atoms with Crippen LogP contribution in [-0.4, -0.2) is 43.6 Å². The van der Waals surface area contributed by atoms with Crippen molar-refractivity contribution in [2.75, 3.05) is 19.8 Å². The summed E-state index contributed by atoms with van der Waals surface area (Å²) in [5.74, 6) is 1.80. The van der Waals surface area contributed by atoms with Gasteiger partial charge in [-0.3, -0.25) is 9.79 Å². The molecular weight excluding hydrogens is 367 g/mol. The van der Waals surface area contributed by atoms with Crippen molar-refractivity contribution >= 4 is 11.5 Å². The third kappa shape index (κ3) is 3.22. The molecule has 8 atom stereocenters. The molecule has 1 aliphatic heterocycles. The van der Waals surface area contributed by atoms with Crippen molar-refractivity contribution in [3.8, 4) is 0 Å². The molecule has 0 radical (unpaired) electrons. The first-order chi connectivity index (χ1) is 13.9. The van der Waals surface area contributed by atoms with Gasteiger partial charge < -0.3 is 10.1 Å². The first kappa shape index (κ1) is 20.1. The van der Waals surface area contributed by atoms with E-state index in [2.05, 4.69) is 19.2 Å². The number of ketones is 1. The highest BCUT2D eigenvalue weighted by atomic mass is 19.1. The zero-order valence-electron chi connectivity index (χ0n) is 18.1. The number of alkyl halides is 1. The Kier molecular flexibility index (Phi) is 5.13. The number of carbonyl (C=O) groups is 1. The molecule has 4 aliphatic carbocycles. The smallest absolute Gasteiger partial charge is 0.139 e. The Labute approximate surface area is 174 Å². The maximum atomic E-state index is 15.7. The fourth-order valence-electron chi connectivity index (χ4n) is 8.03. The number of aliphatic imine (C=N–C) groups is 1. The van der Waals surface area contributed by atoms with Crippen LogP contribution >= 0.6 is 0 Å². The van der Waals surface area contributed by atoms with Gasteiger partial charge in [0, 0.05) is 24.1 Å². The van der Waals surface area contributed by atoms with Crippen LogP contribution in [0.1, 0.15) is 71.6 Å². The quantitative estimate of drug-likeness (QED) is 0.762. The number of nitrogens with zero attached hydrogens (tertiary/aromatic N) is 1. The zero-order chi connectivity index (χ0) is 20.2. The molecule has 0 aromatic carbocycles. The molecule has 5 heteroatoms. The molecule has 4 saturated carbocycles. The predicted octanol–water partition coefficient (Wildman–Crippen LogP) is 4.32. The molecule has 4 nitrogen and oxygen atoms in total. The predicted molar refractivity (Wildman–Crippen MR) is 112 cm³/mol. The Balaban J connectivity index is 1.29. The summed E-state index contributed by atoms with van der Waals surface area (Å²) in [5, 5.41) is 3.32. The molecule has 0 aromatic rings. The average molecular weight is 405 g/mol. The van der Waals surface area contributed by atoms with Crippen LogP contribution in [0.25, 0.3) is 0 Å². The van der Waals surface area contributed by atoms with Crippen LogP contribution < -0.4 is 5.32 Å². The molecule has 6 unspecified atom stereocenters. The van der Waals surface area contributed by atoms with Crippen molar-refractivity contribution in [2.45, 2.75) is 83.9 Å². The molecule has 0 spiro atoms. The highest BCUT2D eigenvalue weighted by Crippen LogP contribution is 2.65. The van der Waals surface area contributed by atoms with E-state index >= 15 is 4.39 Å². The monoisotopic (exact) mass is 404 g/mol. The van der Waals surface area contributed by atoms with Crippen LogP contribution in [0.2, 0.25) is 0 Å². The number of fused-ring (bicyclic) bond motifs is 5. The summed E-state index contributed by atoms with van der Waals surface area (Å²) >= 11 is 0. The Morgan fingerprint density at radius 2 is 2.07 bits per heavy atom. The van der Waals surface area contributed by atoms with Crippen molar-refractivity contribution < 1.29 is 13.9 Å². The van der Waals surface area contributed by atoms with Gasteiger partial charge in [-0.25, -0.2) is 4.39 Å². The van der Waals surface area contributed by atoms with Gasteiger partial charge in [0.25, 0.3) is 0 Å². The lowest BCUT2D eigenvalue weighted by atomic mass is 9.44. The fourth-order valence-corrected chi connectivity index (χ4v) is 8.03. The van der Waals surface area contributed by atoms with E-state index in [9.17, 15) is 4.79 Å². The number of nitrogens with one attached hydrogen (secondary N) is 1. The molecule has 0 bridgehead atoms. The Morgan fingerprint density at radius 3 is 2.86 bits per heavy atom. The minimum absolute atomic E-state index is 0.0601. The molecule has 1 N–H and O–H groups in total. The number of halogens is 1. The summed E-state index contributed by atoms with van der Waals surface area (Å²) in [7, 11) is 0. The van der Waals surface area contributed by atoms with Crippen molar-refractivity contribution in [2.24, 2.45) is 39.5 Å². The molecule has 5 aliphatic rings. The lowest BCUT2D eigenvalue weighted by Crippen LogP contribution is -2.58. The van der Waals surface area contributed by atoms with E-state index in [1.165, 1.54) is 5.71 Å². The Bertz CT molecular complexity index is 690. The van der Waals surface area contributed by atoms with Gasteiger partial charge in [0.15, 0.2) is 0 Å². The van der Waals surface area contributed by atoms with Crippen LogP contribution in [0, 0.1) is 34.5 Å². The molecular formula is C24H37FN2O2. The molecule has 1 heterocycles. The van der Waals surface area contributed by atoms with Crippen LogP contribution in [-0.2, 0) is 9.53 Å². The van der Waals surface area contributed by atoms with Crippen molar-refractivity contribution in [3.05, 3.63) is 0 Å². The van der Waals surface area contributed by atoms with Crippen LogP contribution in [0.5, 0.6) is 0 Å². The van der Waals surface area contributed by atoms with Gasteiger partial charge in [0.2, 0.25) is 0 Å². The Hall–Kier alpha value is -0.810. The maximum Gasteiger partial charge on any atom is 0.139 e. The second-order valence-electron chi connectivity index (χ2n) is 11.0. The number of Topliss-reactive ketones (excluding diaryl/α,β-unsaturated/α-hetero) is 1. The molecule has 162 valence electrons. The van der Waals surface area contributed by atoms with Gasteiger partial charge in [0.1, 0.15) is 18.7 Å². The number of rotatable bonds is 3. The summed E-state index contributed by atoms with van der Waals surface area (Å²) in [5.41, 5.74) is 0.950. The Morgan fingerprint density at radius 1 is 1.21 bits per heavy atom. The standard InChI is InChI=1S/C24H37FN2O2/c1-23-9-7-16(27-14-29-17-8-10-26-13-17)11-15(23)3-4-18-19-5-6-21(28)24(19,2)12-20(25)22(18)23/h15,17-20,22,26H,3-14H2,1-2H3/t15?,17?,18?,19?,20?,22?,23-,24-/m0/s1. The van der Waals surface area contributed by atoms with E-state index in [0.29, 0.717) is 49.2 Å². The van der Waals surface area contributed by atoms with Crippen LogP contribution in [0.4, 0.5) is 4.39 Å². The lowest BCUT2D eigenvalue weighted by Gasteiger charge is -2.60. The number of carbonyl (C=O) groups excluding carboxylic acids is 1. The topological polar surface area (TPSA) is 50.7 Å². The first-order valence-electron chi connectivity index (χ1n) is 11.9. The SMILES string of the molecule is C[C@]12CCC(=NCOC3CCNC3)CC1CCC1C2C(F)C[C@]2(C)C(=O)CCC12. The summed E-state index contributed by atoms with van der Waals surface area (Å²) in [4.78, 5) is 17.3. The third-order valence-electron chi connectivity index (χ3n) is 9.71. The van der Waals surface area contributed by atoms with Gasteiger partial charge in [-0.15, -0.1) is 0 Å². The number of ether oxygens (including phenoxy) is 1. The normalized spacial score (nSPS) is 51.0. The average Bonchev–Trinajstić information content (AvgIpc) is 3.30. The molecule has 0 amide bonds. The zero-order valence-corrected chi connectivity index (χ0v) is 18.1. The van der Waals surface area contributed by atoms with Gasteiger partial charge >= 0.3 is 0 Å². The van der Waals surface area contributed by atoms with E-state index in [1.807, 2.05) is 0 Å². The third-order valence-corrected chi connectivity index (χ3v) is 9.71. The van der Waals surface area contributed by atoms with Crippen LogP contribution in [0.15, 0.2) is 4.99 Å². The molecule has 5 fully saturated rings. The van der Waals surface area contributed by atoms with Gasteiger partial charge in [-0.2, -0.15) is 0 Å². The molecule has 0 aromatic heterocycles. The maximum absolute atomic E-state index is 15.7. The molecule has 5 rings (SSSR count). The second kappa shape index (κ2) is 7.40. The van der Waals surface area contributed by atoms with Gasteiger partial charge in [-0.1, -0.05) is 13.8 Å². The number of hydrogen-bond acceptors (Lipinski definition) is 4. The van der Waals surface area contributed by atoms with Crippen LogP contribution in [0.3, 0.4) is 0 Å². The lowest BCUT2D eigenvalue weighted by molar-refractivity contribution is -0.150. The van der Waals surface area contributed by atoms with Gasteiger partial charge in [-0.05, 0) is 87.0 Å². The largest absolute Gasteiger partial charge is 0.355 e. The second-order valence-corrected chi connectivity index (χ2v) is 11.0. The minimum Gasteiger partial charge on any atom is -0.355 e. The fraction of sp³-hybridized carbons (Fsp3) is 0.917. The molecule has 29 heavy (non-hydrogen) atoms. The van der Waals surface area contributed by atoms with Crippen molar-refractivity contribution in [1.82, 2.24) is 5.32 Å². The van der Waals surface area contributed by atoms with Gasteiger partial charge in [0.05, 0.1) is 6.10 Å². The van der Waals surface area contributed by atoms with E-state index in [1.54, 1.807) is 0 Å². The van der Waals surface area contributed by atoms with E-state index in [0.717, 1.165) is 58.0 Å². The summed E-state index contributed by atoms with van der Waals surface area (Å²) < 4.78 is 21.6. The summed E-state index contributed by atoms with van der Waals surface area (Å²) in [6.07, 6.45) is 7.98. The first-order valence-corrected chi connectivity index (χ1v) is 11.9. The van der Waals surface area contributed by atoms with E-state index in [4.69, 9.17) is 9.73 Å². The highest BCUT2D eigenvalue weighted by molar-refractivity contribution is 5.87. The summed E-state index contributed by atoms with van der Waals surface area (Å²) in [6.45, 7) is 6.88. The van der Waals surface area contributed by atoms with Crippen molar-refractivity contribution in [3.63, 3.8) is 0 Å². The van der Waals surface area contributed by atoms with E-state index < -0.39 is 11.6 Å². The van der Waals surface area contributed by atoms with Crippen molar-refractivity contribution in [1.29, 1.82) is 0 Å². The highest BCUT2D eigenvalue weighted by Gasteiger charge is 2.63. The molecule has 1 saturated heterocycles. The number of hydrogen-bond donors (Lipinski definition) is 1. The van der Waals surface area contributed by atoms with E-state index in [-0.39, 0.29) is 11.3 Å². The minimum atomic E-state index is -0.826. The summed E-state index contributed by atoms with van der Waals surface area (Å²) in [6, 6.07) is 0.